The largest absolute Gasteiger partial charge is 0.480 e. The smallest absolute Gasteiger partial charge is 0.325 e. The van der Waals surface area contributed by atoms with E-state index in [0.717, 1.165) is 0 Å². The number of aliphatic carboxylic acids is 1. The van der Waals surface area contributed by atoms with Gasteiger partial charge < -0.3 is 5.11 Å². The lowest BCUT2D eigenvalue weighted by atomic mass is 10.1. The van der Waals surface area contributed by atoms with E-state index in [-0.39, 0.29) is 6.54 Å². The molecule has 1 aromatic carbocycles. The number of aromatic nitrogens is 4. The summed E-state index contributed by atoms with van der Waals surface area (Å²) in [6.45, 7) is 1.82. The number of hydrogen-bond acceptors (Lipinski definition) is 5. The Kier molecular flexibility index (Phi) is 3.93. The first-order valence-electron chi connectivity index (χ1n) is 5.32. The normalized spacial score (nSPS) is 10.5. The van der Waals surface area contributed by atoms with Crippen LogP contribution in [-0.2, 0) is 17.1 Å². The van der Waals surface area contributed by atoms with Crippen molar-refractivity contribution in [2.45, 2.75) is 24.4 Å². The van der Waals surface area contributed by atoms with Crippen molar-refractivity contribution in [2.75, 3.05) is 0 Å². The zero-order chi connectivity index (χ0) is 13.0. The van der Waals surface area contributed by atoms with Gasteiger partial charge in [0.05, 0.1) is 0 Å². The zero-order valence-corrected chi connectivity index (χ0v) is 10.6. The number of hydrogen-bond donors (Lipinski definition) is 1. The van der Waals surface area contributed by atoms with Crippen LogP contribution in [0.4, 0.5) is 0 Å². The molecule has 0 unspecified atom stereocenters. The third-order valence-electron chi connectivity index (χ3n) is 2.40. The highest BCUT2D eigenvalue weighted by Crippen LogP contribution is 2.21. The molecule has 0 aliphatic carbocycles. The summed E-state index contributed by atoms with van der Waals surface area (Å²) in [5.74, 6) is -0.243. The number of carbonyl (C=O) groups is 1. The fraction of sp³-hybridized carbons (Fsp3) is 0.273. The first-order valence-corrected chi connectivity index (χ1v) is 6.30. The minimum absolute atomic E-state index is 0.219. The lowest BCUT2D eigenvalue weighted by Crippen LogP contribution is -2.11. The molecule has 94 valence electrons. The Hall–Kier alpha value is -1.89. The van der Waals surface area contributed by atoms with Crippen molar-refractivity contribution in [1.29, 1.82) is 0 Å². The molecule has 0 aliphatic rings. The van der Waals surface area contributed by atoms with Crippen molar-refractivity contribution in [3.8, 4) is 0 Å². The molecule has 0 bridgehead atoms. The van der Waals surface area contributed by atoms with Crippen LogP contribution in [0.15, 0.2) is 29.4 Å². The second kappa shape index (κ2) is 5.63. The Morgan fingerprint density at radius 3 is 2.94 bits per heavy atom. The van der Waals surface area contributed by atoms with Gasteiger partial charge in [-0.15, -0.1) is 5.10 Å². The molecule has 2 aromatic rings. The molecule has 1 aromatic heterocycles. The third kappa shape index (κ3) is 3.07. The number of carboxylic acid groups (broad SMARTS) is 1. The monoisotopic (exact) mass is 264 g/mol. The van der Waals surface area contributed by atoms with Gasteiger partial charge in [0.1, 0.15) is 6.54 Å². The van der Waals surface area contributed by atoms with E-state index >= 15 is 0 Å². The summed E-state index contributed by atoms with van der Waals surface area (Å²) in [6, 6.07) is 8.03. The third-order valence-corrected chi connectivity index (χ3v) is 3.41. The summed E-state index contributed by atoms with van der Waals surface area (Å²) >= 11 is 1.43. The van der Waals surface area contributed by atoms with Crippen LogP contribution in [0, 0.1) is 6.92 Å². The van der Waals surface area contributed by atoms with Crippen molar-refractivity contribution in [1.82, 2.24) is 20.2 Å². The molecule has 0 aliphatic heterocycles. The van der Waals surface area contributed by atoms with Crippen LogP contribution in [0.5, 0.6) is 0 Å². The Balaban J connectivity index is 2.05. The van der Waals surface area contributed by atoms with Crippen LogP contribution < -0.4 is 0 Å². The average Bonchev–Trinajstić information content (AvgIpc) is 2.75. The maximum Gasteiger partial charge on any atom is 0.325 e. The van der Waals surface area contributed by atoms with Gasteiger partial charge in [0.15, 0.2) is 0 Å². The molecule has 18 heavy (non-hydrogen) atoms. The maximum absolute atomic E-state index is 10.6. The molecule has 0 radical (unpaired) electrons. The van der Waals surface area contributed by atoms with Crippen molar-refractivity contribution >= 4 is 17.7 Å². The van der Waals surface area contributed by atoms with Gasteiger partial charge in [-0.05, 0) is 28.5 Å². The van der Waals surface area contributed by atoms with Gasteiger partial charge in [-0.1, -0.05) is 36.0 Å². The van der Waals surface area contributed by atoms with E-state index in [1.165, 1.54) is 27.6 Å². The van der Waals surface area contributed by atoms with Gasteiger partial charge in [0.25, 0.3) is 0 Å². The van der Waals surface area contributed by atoms with Gasteiger partial charge in [-0.2, -0.15) is 0 Å². The highest BCUT2D eigenvalue weighted by atomic mass is 32.2. The Morgan fingerprint density at radius 1 is 1.44 bits per heavy atom. The van der Waals surface area contributed by atoms with Crippen LogP contribution in [0.2, 0.25) is 0 Å². The molecule has 1 heterocycles. The summed E-state index contributed by atoms with van der Waals surface area (Å²) in [7, 11) is 0. The van der Waals surface area contributed by atoms with E-state index in [0.29, 0.717) is 10.9 Å². The molecule has 1 N–H and O–H groups in total. The lowest BCUT2D eigenvalue weighted by molar-refractivity contribution is -0.138. The molecule has 0 fully saturated rings. The van der Waals surface area contributed by atoms with E-state index in [1.54, 1.807) is 0 Å². The molecule has 0 spiro atoms. The van der Waals surface area contributed by atoms with E-state index in [2.05, 4.69) is 15.5 Å². The fourth-order valence-electron chi connectivity index (χ4n) is 1.44. The summed E-state index contributed by atoms with van der Waals surface area (Å²) in [5.41, 5.74) is 2.38. The quantitative estimate of drug-likeness (QED) is 0.821. The SMILES string of the molecule is Cc1ccccc1CSc1nnnn1CC(=O)O. The van der Waals surface area contributed by atoms with Crippen molar-refractivity contribution in [3.63, 3.8) is 0 Å². The van der Waals surface area contributed by atoms with E-state index in [1.807, 2.05) is 31.2 Å². The predicted molar refractivity (Wildman–Crippen MR) is 66.2 cm³/mol. The van der Waals surface area contributed by atoms with Gasteiger partial charge in [-0.3, -0.25) is 4.79 Å². The summed E-state index contributed by atoms with van der Waals surface area (Å²) < 4.78 is 1.28. The number of tetrazole rings is 1. The molecule has 7 heteroatoms. The zero-order valence-electron chi connectivity index (χ0n) is 9.78. The molecular weight excluding hydrogens is 252 g/mol. The van der Waals surface area contributed by atoms with Crippen molar-refractivity contribution < 1.29 is 9.90 Å². The van der Waals surface area contributed by atoms with Crippen LogP contribution in [-0.4, -0.2) is 31.3 Å². The van der Waals surface area contributed by atoms with Gasteiger partial charge in [0.2, 0.25) is 5.16 Å². The Bertz CT molecular complexity index is 555. The van der Waals surface area contributed by atoms with E-state index in [9.17, 15) is 4.79 Å². The first kappa shape index (κ1) is 12.6. The molecule has 6 nitrogen and oxygen atoms in total. The average molecular weight is 264 g/mol. The summed E-state index contributed by atoms with van der Waals surface area (Å²) in [5, 5.41) is 20.2. The highest BCUT2D eigenvalue weighted by Gasteiger charge is 2.10. The van der Waals surface area contributed by atoms with Gasteiger partial charge in [0, 0.05) is 5.75 Å². The number of benzene rings is 1. The standard InChI is InChI=1S/C11H12N4O2S/c1-8-4-2-3-5-9(8)7-18-11-12-13-14-15(11)6-10(16)17/h2-5H,6-7H2,1H3,(H,16,17). The van der Waals surface area contributed by atoms with Crippen LogP contribution in [0.3, 0.4) is 0 Å². The summed E-state index contributed by atoms with van der Waals surface area (Å²) in [6.07, 6.45) is 0. The molecule has 0 saturated heterocycles. The lowest BCUT2D eigenvalue weighted by Gasteiger charge is -2.04. The van der Waals surface area contributed by atoms with Gasteiger partial charge >= 0.3 is 5.97 Å². The van der Waals surface area contributed by atoms with Gasteiger partial charge in [-0.25, -0.2) is 4.68 Å². The number of aryl methyl sites for hydroxylation is 1. The maximum atomic E-state index is 10.6. The number of thioether (sulfide) groups is 1. The minimum Gasteiger partial charge on any atom is -0.480 e. The topological polar surface area (TPSA) is 80.9 Å². The number of nitrogens with zero attached hydrogens (tertiary/aromatic N) is 4. The predicted octanol–water partition coefficient (Wildman–Crippen LogP) is 1.36. The molecule has 0 amide bonds. The summed E-state index contributed by atoms with van der Waals surface area (Å²) in [4.78, 5) is 10.6. The van der Waals surface area contributed by atoms with E-state index in [4.69, 9.17) is 5.11 Å². The van der Waals surface area contributed by atoms with Crippen molar-refractivity contribution in [2.24, 2.45) is 0 Å². The van der Waals surface area contributed by atoms with Crippen LogP contribution in [0.25, 0.3) is 0 Å². The first-order chi connectivity index (χ1) is 8.66. The fourth-order valence-corrected chi connectivity index (χ4v) is 2.39. The minimum atomic E-state index is -0.958. The van der Waals surface area contributed by atoms with Crippen LogP contribution in [0.1, 0.15) is 11.1 Å². The molecule has 0 atom stereocenters. The highest BCUT2D eigenvalue weighted by molar-refractivity contribution is 7.98. The molecular formula is C11H12N4O2S. The van der Waals surface area contributed by atoms with E-state index < -0.39 is 5.97 Å². The Labute approximate surface area is 108 Å². The number of rotatable bonds is 5. The molecule has 2 rings (SSSR count). The van der Waals surface area contributed by atoms with Crippen molar-refractivity contribution in [3.05, 3.63) is 35.4 Å². The second-order valence-corrected chi connectivity index (χ2v) is 4.67. The molecule has 0 saturated carbocycles. The Morgan fingerprint density at radius 2 is 2.22 bits per heavy atom. The number of carboxylic acids is 1. The van der Waals surface area contributed by atoms with Crippen LogP contribution >= 0.6 is 11.8 Å². The second-order valence-electron chi connectivity index (χ2n) is 3.73.